The van der Waals surface area contributed by atoms with Gasteiger partial charge in [0.1, 0.15) is 17.8 Å². The molecule has 0 bridgehead atoms. The van der Waals surface area contributed by atoms with E-state index in [9.17, 15) is 4.79 Å². The number of benzene rings is 1. The highest BCUT2D eigenvalue weighted by Crippen LogP contribution is 2.13. The molecule has 1 aromatic heterocycles. The minimum atomic E-state index is 0.0774. The van der Waals surface area contributed by atoms with Crippen molar-refractivity contribution in [2.24, 2.45) is 0 Å². The van der Waals surface area contributed by atoms with Crippen LogP contribution in [0.4, 0.5) is 0 Å². The van der Waals surface area contributed by atoms with Crippen molar-refractivity contribution in [2.75, 3.05) is 6.79 Å². The molecule has 0 aliphatic rings. The third kappa shape index (κ3) is 3.31. The van der Waals surface area contributed by atoms with Crippen molar-refractivity contribution in [3.05, 3.63) is 54.4 Å². The zero-order valence-electron chi connectivity index (χ0n) is 9.08. The van der Waals surface area contributed by atoms with E-state index in [1.807, 2.05) is 0 Å². The summed E-state index contributed by atoms with van der Waals surface area (Å²) in [4.78, 5) is 14.5. The summed E-state index contributed by atoms with van der Waals surface area (Å²) in [6.45, 7) is 0.0774. The van der Waals surface area contributed by atoms with Crippen LogP contribution in [0, 0.1) is 0 Å². The number of nitrogens with zero attached hydrogens (tertiary/aromatic N) is 1. The highest BCUT2D eigenvalue weighted by Gasteiger charge is 1.96. The van der Waals surface area contributed by atoms with Crippen molar-refractivity contribution in [3.63, 3.8) is 0 Å². The maximum Gasteiger partial charge on any atom is 0.230 e. The summed E-state index contributed by atoms with van der Waals surface area (Å²) in [6, 6.07) is 10.4. The highest BCUT2D eigenvalue weighted by molar-refractivity contribution is 5.75. The molecule has 1 aromatic carbocycles. The van der Waals surface area contributed by atoms with E-state index in [-0.39, 0.29) is 6.79 Å². The van der Waals surface area contributed by atoms with Gasteiger partial charge in [0.2, 0.25) is 6.79 Å². The van der Waals surface area contributed by atoms with Gasteiger partial charge in [-0.15, -0.1) is 0 Å². The Labute approximate surface area is 98.8 Å². The monoisotopic (exact) mass is 229 g/mol. The first-order valence-corrected chi connectivity index (χ1v) is 5.09. The molecule has 2 rings (SSSR count). The molecule has 0 aliphatic heterocycles. The molecular formula is C13H11NO3. The van der Waals surface area contributed by atoms with E-state index in [4.69, 9.17) is 9.47 Å². The maximum absolute atomic E-state index is 10.6. The molecule has 0 N–H and O–H groups in total. The van der Waals surface area contributed by atoms with E-state index in [0.29, 0.717) is 17.1 Å². The third-order valence-electron chi connectivity index (χ3n) is 2.08. The van der Waals surface area contributed by atoms with E-state index in [1.54, 1.807) is 48.8 Å². The van der Waals surface area contributed by atoms with Crippen LogP contribution < -0.4 is 9.47 Å². The Morgan fingerprint density at radius 3 is 2.71 bits per heavy atom. The number of carbonyl (C=O) groups is 1. The normalized spacial score (nSPS) is 9.65. The van der Waals surface area contributed by atoms with Crippen LogP contribution in [0.15, 0.2) is 48.8 Å². The second-order valence-electron chi connectivity index (χ2n) is 3.29. The Morgan fingerprint density at radius 1 is 1.12 bits per heavy atom. The summed E-state index contributed by atoms with van der Waals surface area (Å²) in [5.74, 6) is 1.23. The molecule has 17 heavy (non-hydrogen) atoms. The second kappa shape index (κ2) is 5.65. The summed E-state index contributed by atoms with van der Waals surface area (Å²) in [7, 11) is 0. The second-order valence-corrected chi connectivity index (χ2v) is 3.29. The standard InChI is InChI=1S/C13H11NO3/c15-9-11-3-1-4-12(7-11)16-10-17-13-5-2-6-14-8-13/h1-9H,10H2. The molecule has 0 aliphatic carbocycles. The van der Waals surface area contributed by atoms with Gasteiger partial charge < -0.3 is 9.47 Å². The van der Waals surface area contributed by atoms with Crippen molar-refractivity contribution in [1.29, 1.82) is 0 Å². The minimum Gasteiger partial charge on any atom is -0.457 e. The largest absolute Gasteiger partial charge is 0.457 e. The van der Waals surface area contributed by atoms with E-state index < -0.39 is 0 Å². The number of hydrogen-bond donors (Lipinski definition) is 0. The Bertz CT molecular complexity index is 485. The molecule has 4 nitrogen and oxygen atoms in total. The van der Waals surface area contributed by atoms with Crippen LogP contribution in [0.2, 0.25) is 0 Å². The first-order valence-electron chi connectivity index (χ1n) is 5.09. The van der Waals surface area contributed by atoms with Gasteiger partial charge in [0.15, 0.2) is 0 Å². The number of hydrogen-bond acceptors (Lipinski definition) is 4. The van der Waals surface area contributed by atoms with Gasteiger partial charge in [-0.1, -0.05) is 12.1 Å². The first-order chi connectivity index (χ1) is 8.38. The van der Waals surface area contributed by atoms with Crippen LogP contribution in [0.3, 0.4) is 0 Å². The average Bonchev–Trinajstić information content (AvgIpc) is 2.40. The summed E-state index contributed by atoms with van der Waals surface area (Å²) < 4.78 is 10.7. The van der Waals surface area contributed by atoms with Crippen molar-refractivity contribution in [3.8, 4) is 11.5 Å². The molecule has 0 radical (unpaired) electrons. The molecular weight excluding hydrogens is 218 g/mol. The Kier molecular flexibility index (Phi) is 3.70. The van der Waals surface area contributed by atoms with Crippen LogP contribution in [0.1, 0.15) is 10.4 Å². The van der Waals surface area contributed by atoms with Crippen LogP contribution in [-0.2, 0) is 0 Å². The summed E-state index contributed by atoms with van der Waals surface area (Å²) in [5.41, 5.74) is 0.573. The molecule has 4 heteroatoms. The van der Waals surface area contributed by atoms with E-state index >= 15 is 0 Å². The molecule has 0 saturated heterocycles. The van der Waals surface area contributed by atoms with Crippen LogP contribution in [0.25, 0.3) is 0 Å². The lowest BCUT2D eigenvalue weighted by Gasteiger charge is -2.08. The SMILES string of the molecule is O=Cc1cccc(OCOc2cccnc2)c1. The van der Waals surface area contributed by atoms with Crippen molar-refractivity contribution in [1.82, 2.24) is 4.98 Å². The van der Waals surface area contributed by atoms with Crippen molar-refractivity contribution in [2.45, 2.75) is 0 Å². The van der Waals surface area contributed by atoms with Gasteiger partial charge in [0, 0.05) is 11.8 Å². The van der Waals surface area contributed by atoms with Crippen LogP contribution in [-0.4, -0.2) is 18.1 Å². The molecule has 0 fully saturated rings. The van der Waals surface area contributed by atoms with Crippen molar-refractivity contribution >= 4 is 6.29 Å². The van der Waals surface area contributed by atoms with Crippen LogP contribution in [0.5, 0.6) is 11.5 Å². The fourth-order valence-corrected chi connectivity index (χ4v) is 1.28. The molecule has 0 unspecified atom stereocenters. The summed E-state index contributed by atoms with van der Waals surface area (Å²) in [5, 5.41) is 0. The predicted octanol–water partition coefficient (Wildman–Crippen LogP) is 2.31. The first kappa shape index (κ1) is 11.1. The quantitative estimate of drug-likeness (QED) is 0.583. The van der Waals surface area contributed by atoms with Crippen LogP contribution >= 0.6 is 0 Å². The number of carbonyl (C=O) groups excluding carboxylic acids is 1. The Hall–Kier alpha value is -2.36. The number of ether oxygens (including phenoxy) is 2. The van der Waals surface area contributed by atoms with Gasteiger partial charge in [0.25, 0.3) is 0 Å². The summed E-state index contributed by atoms with van der Waals surface area (Å²) in [6.07, 6.45) is 4.04. The smallest absolute Gasteiger partial charge is 0.230 e. The topological polar surface area (TPSA) is 48.4 Å². The lowest BCUT2D eigenvalue weighted by atomic mass is 10.2. The molecule has 0 spiro atoms. The van der Waals surface area contributed by atoms with Gasteiger partial charge in [-0.2, -0.15) is 0 Å². The molecule has 0 atom stereocenters. The van der Waals surface area contributed by atoms with Gasteiger partial charge >= 0.3 is 0 Å². The van der Waals surface area contributed by atoms with Gasteiger partial charge in [0.05, 0.1) is 6.20 Å². The fraction of sp³-hybridized carbons (Fsp3) is 0.0769. The Balaban J connectivity index is 1.88. The lowest BCUT2D eigenvalue weighted by molar-refractivity contribution is 0.111. The minimum absolute atomic E-state index is 0.0774. The number of aldehydes is 1. The van der Waals surface area contributed by atoms with Gasteiger partial charge in [-0.05, 0) is 24.3 Å². The molecule has 86 valence electrons. The number of rotatable bonds is 5. The predicted molar refractivity (Wildman–Crippen MR) is 62.2 cm³/mol. The zero-order valence-corrected chi connectivity index (χ0v) is 9.08. The van der Waals surface area contributed by atoms with Crippen molar-refractivity contribution < 1.29 is 14.3 Å². The van der Waals surface area contributed by atoms with E-state index in [0.717, 1.165) is 6.29 Å². The molecule has 2 aromatic rings. The fourth-order valence-electron chi connectivity index (χ4n) is 1.28. The lowest BCUT2D eigenvalue weighted by Crippen LogP contribution is -2.05. The number of aromatic nitrogens is 1. The number of pyridine rings is 1. The average molecular weight is 229 g/mol. The maximum atomic E-state index is 10.6. The molecule has 1 heterocycles. The van der Waals surface area contributed by atoms with Gasteiger partial charge in [-0.25, -0.2) is 0 Å². The zero-order chi connectivity index (χ0) is 11.9. The highest BCUT2D eigenvalue weighted by atomic mass is 16.7. The van der Waals surface area contributed by atoms with E-state index in [1.165, 1.54) is 0 Å². The molecule has 0 saturated carbocycles. The Morgan fingerprint density at radius 2 is 1.94 bits per heavy atom. The summed E-state index contributed by atoms with van der Waals surface area (Å²) >= 11 is 0. The third-order valence-corrected chi connectivity index (χ3v) is 2.08. The van der Waals surface area contributed by atoms with Gasteiger partial charge in [-0.3, -0.25) is 9.78 Å². The molecule has 0 amide bonds. The van der Waals surface area contributed by atoms with E-state index in [2.05, 4.69) is 4.98 Å².